The third-order valence-electron chi connectivity index (χ3n) is 4.45. The monoisotopic (exact) mass is 379 g/mol. The summed E-state index contributed by atoms with van der Waals surface area (Å²) >= 11 is 0. The van der Waals surface area contributed by atoms with E-state index in [2.05, 4.69) is 10.3 Å². The van der Waals surface area contributed by atoms with Gasteiger partial charge >= 0.3 is 6.55 Å². The fourth-order valence-corrected chi connectivity index (χ4v) is 2.92. The van der Waals surface area contributed by atoms with Crippen LogP contribution in [0.4, 0.5) is 8.78 Å². The molecule has 0 radical (unpaired) electrons. The van der Waals surface area contributed by atoms with Crippen molar-refractivity contribution < 1.29 is 18.4 Å². The maximum absolute atomic E-state index is 13.1. The average molecular weight is 379 g/mol. The molecule has 0 saturated carbocycles. The number of nitrogens with two attached hydrogens (primary N) is 3. The summed E-state index contributed by atoms with van der Waals surface area (Å²) < 4.78 is 26.1. The van der Waals surface area contributed by atoms with Gasteiger partial charge in [0.1, 0.15) is 0 Å². The van der Waals surface area contributed by atoms with Crippen molar-refractivity contribution in [1.82, 2.24) is 5.32 Å². The van der Waals surface area contributed by atoms with Gasteiger partial charge < -0.3 is 22.5 Å². The molecule has 0 fully saturated rings. The van der Waals surface area contributed by atoms with Crippen LogP contribution in [-0.4, -0.2) is 24.1 Å². The zero-order valence-electron chi connectivity index (χ0n) is 14.9. The van der Waals surface area contributed by atoms with Gasteiger partial charge in [-0.25, -0.2) is 4.99 Å². The van der Waals surface area contributed by atoms with E-state index in [1.165, 1.54) is 12.1 Å². The Morgan fingerprint density at radius 2 is 2.04 bits per heavy atom. The molecule has 1 aromatic rings. The minimum absolute atomic E-state index is 0.0751. The number of benzene rings is 1. The number of primary amides is 1. The number of fused-ring (bicyclic) bond motifs is 2. The van der Waals surface area contributed by atoms with Gasteiger partial charge in [0, 0.05) is 29.3 Å². The molecule has 7 nitrogen and oxygen atoms in total. The minimum Gasteiger partial charge on any atom is -0.403 e. The van der Waals surface area contributed by atoms with Crippen molar-refractivity contribution in [2.45, 2.75) is 38.8 Å². The highest BCUT2D eigenvalue weighted by Crippen LogP contribution is 2.24. The lowest BCUT2D eigenvalue weighted by molar-refractivity contribution is -0.123. The Bertz CT molecular complexity index is 792. The zero-order valence-corrected chi connectivity index (χ0v) is 14.9. The summed E-state index contributed by atoms with van der Waals surface area (Å²) in [7, 11) is 0. The molecule has 7 N–H and O–H groups in total. The molecule has 2 atom stereocenters. The number of allylic oxidation sites excluding steroid dienone is 1. The summed E-state index contributed by atoms with van der Waals surface area (Å²) in [6, 6.07) is 3.97. The molecule has 2 rings (SSSR count). The molecule has 27 heavy (non-hydrogen) atoms. The molecule has 2 amide bonds. The molecule has 2 bridgehead atoms. The van der Waals surface area contributed by atoms with E-state index in [0.29, 0.717) is 24.8 Å². The molecule has 1 heterocycles. The van der Waals surface area contributed by atoms with Crippen LogP contribution in [0.15, 0.2) is 35.1 Å². The average Bonchev–Trinajstić information content (AvgIpc) is 2.62. The molecule has 0 saturated heterocycles. The van der Waals surface area contributed by atoms with Crippen molar-refractivity contribution in [3.8, 4) is 0 Å². The van der Waals surface area contributed by atoms with Crippen LogP contribution in [0.3, 0.4) is 0 Å². The standard InChI is InChI=1S/C18H23F2N5O2/c1-9-3-2-4-13(22)10-5-11(7-12(6-10)16(23)26)15(25-18(19)20)14(8-21)24-17(9)27/h5-9,13,18H,2-4,21-22H2,1H3,(H2,23,26)(H,24,27). The van der Waals surface area contributed by atoms with Crippen molar-refractivity contribution >= 4 is 17.5 Å². The first kappa shape index (κ1) is 20.5. The summed E-state index contributed by atoms with van der Waals surface area (Å²) in [6.07, 6.45) is 2.78. The lowest BCUT2D eigenvalue weighted by Crippen LogP contribution is -2.34. The summed E-state index contributed by atoms with van der Waals surface area (Å²) in [4.78, 5) is 27.3. The van der Waals surface area contributed by atoms with Crippen LogP contribution in [0, 0.1) is 5.92 Å². The number of aliphatic imine (C=N–C) groups is 1. The van der Waals surface area contributed by atoms with E-state index in [9.17, 15) is 18.4 Å². The molecule has 2 unspecified atom stereocenters. The Labute approximate surface area is 155 Å². The number of halogens is 2. The van der Waals surface area contributed by atoms with Gasteiger partial charge in [0.2, 0.25) is 11.8 Å². The number of amides is 2. The minimum atomic E-state index is -3.05. The van der Waals surface area contributed by atoms with Crippen molar-refractivity contribution in [2.24, 2.45) is 28.1 Å². The highest BCUT2D eigenvalue weighted by atomic mass is 19.3. The predicted octanol–water partition coefficient (Wildman–Crippen LogP) is 1.53. The van der Waals surface area contributed by atoms with Crippen LogP contribution >= 0.6 is 0 Å². The Morgan fingerprint density at radius 3 is 2.63 bits per heavy atom. The number of nitrogens with one attached hydrogen (secondary N) is 1. The van der Waals surface area contributed by atoms with Crippen LogP contribution in [0.25, 0.3) is 0 Å². The topological polar surface area (TPSA) is 137 Å². The van der Waals surface area contributed by atoms with Crippen LogP contribution in [0.2, 0.25) is 0 Å². The predicted molar refractivity (Wildman–Crippen MR) is 97.9 cm³/mol. The first-order chi connectivity index (χ1) is 12.7. The Kier molecular flexibility index (Phi) is 6.62. The molecule has 0 aromatic heterocycles. The molecule has 146 valence electrons. The van der Waals surface area contributed by atoms with Crippen molar-refractivity contribution in [1.29, 1.82) is 0 Å². The molecule has 1 aliphatic heterocycles. The lowest BCUT2D eigenvalue weighted by Gasteiger charge is -2.21. The Hall–Kier alpha value is -2.81. The largest absolute Gasteiger partial charge is 0.403 e. The first-order valence-corrected chi connectivity index (χ1v) is 8.52. The fourth-order valence-electron chi connectivity index (χ4n) is 2.92. The second-order valence-corrected chi connectivity index (χ2v) is 6.47. The van der Waals surface area contributed by atoms with E-state index in [-0.39, 0.29) is 34.4 Å². The smallest absolute Gasteiger partial charge is 0.332 e. The maximum atomic E-state index is 13.1. The van der Waals surface area contributed by atoms with Gasteiger partial charge in [-0.2, -0.15) is 8.78 Å². The van der Waals surface area contributed by atoms with E-state index in [4.69, 9.17) is 17.2 Å². The second-order valence-electron chi connectivity index (χ2n) is 6.47. The highest BCUT2D eigenvalue weighted by molar-refractivity contribution is 6.15. The highest BCUT2D eigenvalue weighted by Gasteiger charge is 2.22. The Morgan fingerprint density at radius 1 is 1.33 bits per heavy atom. The van der Waals surface area contributed by atoms with Gasteiger partial charge in [0.15, 0.2) is 0 Å². The van der Waals surface area contributed by atoms with Crippen molar-refractivity contribution in [3.05, 3.63) is 46.8 Å². The van der Waals surface area contributed by atoms with E-state index in [1.54, 1.807) is 13.0 Å². The van der Waals surface area contributed by atoms with Crippen LogP contribution in [-0.2, 0) is 4.79 Å². The number of carbonyl (C=O) groups is 2. The van der Waals surface area contributed by atoms with Crippen LogP contribution in [0.1, 0.15) is 53.7 Å². The van der Waals surface area contributed by atoms with E-state index in [1.807, 2.05) is 0 Å². The molecular formula is C18H23F2N5O2. The molecule has 0 aliphatic carbocycles. The number of nitrogens with zero attached hydrogens (tertiary/aromatic N) is 1. The number of alkyl halides is 2. The molecule has 1 aromatic carbocycles. The number of hydrogen-bond acceptors (Lipinski definition) is 5. The number of hydrogen-bond donors (Lipinski definition) is 4. The number of carbonyl (C=O) groups excluding carboxylic acids is 2. The van der Waals surface area contributed by atoms with Crippen molar-refractivity contribution in [2.75, 3.05) is 0 Å². The lowest BCUT2D eigenvalue weighted by atomic mass is 9.92. The van der Waals surface area contributed by atoms with Crippen molar-refractivity contribution in [3.63, 3.8) is 0 Å². The van der Waals surface area contributed by atoms with Gasteiger partial charge in [-0.15, -0.1) is 0 Å². The second kappa shape index (κ2) is 8.72. The van der Waals surface area contributed by atoms with E-state index < -0.39 is 18.5 Å². The Balaban J connectivity index is 2.69. The van der Waals surface area contributed by atoms with Crippen LogP contribution < -0.4 is 22.5 Å². The molecule has 9 heteroatoms. The van der Waals surface area contributed by atoms with Gasteiger partial charge in [-0.3, -0.25) is 9.59 Å². The summed E-state index contributed by atoms with van der Waals surface area (Å²) in [5.41, 5.74) is 17.7. The van der Waals surface area contributed by atoms with Gasteiger partial charge in [-0.1, -0.05) is 13.3 Å². The van der Waals surface area contributed by atoms with E-state index in [0.717, 1.165) is 6.20 Å². The number of rotatable bonds is 2. The first-order valence-electron chi connectivity index (χ1n) is 8.52. The summed E-state index contributed by atoms with van der Waals surface area (Å²) in [6.45, 7) is -1.32. The normalized spacial score (nSPS) is 24.4. The summed E-state index contributed by atoms with van der Waals surface area (Å²) in [5, 5.41) is 2.54. The quantitative estimate of drug-likeness (QED) is 0.579. The van der Waals surface area contributed by atoms with Gasteiger partial charge in [-0.05, 0) is 36.6 Å². The van der Waals surface area contributed by atoms with Gasteiger partial charge in [0.05, 0.1) is 11.4 Å². The SMILES string of the molecule is CC1CCCC(N)c2cc(C(N)=O)cc(c2)C(=NC(F)F)C(=CN)NC1=O. The van der Waals surface area contributed by atoms with Crippen LogP contribution in [0.5, 0.6) is 0 Å². The fraction of sp³-hybridized carbons (Fsp3) is 0.389. The molecular weight excluding hydrogens is 356 g/mol. The van der Waals surface area contributed by atoms with E-state index >= 15 is 0 Å². The zero-order chi connectivity index (χ0) is 20.1. The third kappa shape index (κ3) is 5.10. The maximum Gasteiger partial charge on any atom is 0.332 e. The summed E-state index contributed by atoms with van der Waals surface area (Å²) in [5.74, 6) is -1.46. The molecule has 1 aliphatic rings. The van der Waals surface area contributed by atoms with Gasteiger partial charge in [0.25, 0.3) is 0 Å². The third-order valence-corrected chi connectivity index (χ3v) is 4.45. The molecule has 0 spiro atoms.